The molecule has 0 unspecified atom stereocenters. The summed E-state index contributed by atoms with van der Waals surface area (Å²) in [6.45, 7) is 2.06. The second-order valence-electron chi connectivity index (χ2n) is 9.47. The molecule has 1 aliphatic heterocycles. The molecule has 0 atom stereocenters. The zero-order chi connectivity index (χ0) is 28.4. The monoisotopic (exact) mass is 584 g/mol. The molecular formula is C23H25ClN12O3S. The van der Waals surface area contributed by atoms with Gasteiger partial charge in [-0.15, -0.1) is 9.93 Å². The third-order valence-corrected chi connectivity index (χ3v) is 7.15. The van der Waals surface area contributed by atoms with E-state index >= 15 is 0 Å². The predicted octanol–water partition coefficient (Wildman–Crippen LogP) is 0.541. The van der Waals surface area contributed by atoms with Gasteiger partial charge in [-0.3, -0.25) is 15.1 Å². The maximum absolute atomic E-state index is 12.1. The Morgan fingerprint density at radius 3 is 2.58 bits per heavy atom. The first-order valence-electron chi connectivity index (χ1n) is 12.3. The molecule has 0 spiro atoms. The fourth-order valence-corrected chi connectivity index (χ4v) is 4.76. The highest BCUT2D eigenvalue weighted by Crippen LogP contribution is 2.36. The molecule has 3 heterocycles. The number of imidazole rings is 1. The number of piperazine rings is 1. The molecule has 0 radical (unpaired) electrons. The van der Waals surface area contributed by atoms with Gasteiger partial charge in [-0.1, -0.05) is 11.6 Å². The number of nitrogens with one attached hydrogen (secondary N) is 4. The molecular weight excluding hydrogens is 560 g/mol. The Kier molecular flexibility index (Phi) is 7.59. The molecule has 1 aromatic carbocycles. The lowest BCUT2D eigenvalue weighted by Gasteiger charge is -2.36. The van der Waals surface area contributed by atoms with Crippen molar-refractivity contribution >= 4 is 56.3 Å². The second-order valence-corrected chi connectivity index (χ2v) is 11.6. The molecule has 1 saturated carbocycles. The van der Waals surface area contributed by atoms with Crippen molar-refractivity contribution in [2.75, 3.05) is 54.5 Å². The van der Waals surface area contributed by atoms with Crippen molar-refractivity contribution in [3.63, 3.8) is 0 Å². The Morgan fingerprint density at radius 1 is 1.18 bits per heavy atom. The lowest BCUT2D eigenvalue weighted by Crippen LogP contribution is -2.51. The van der Waals surface area contributed by atoms with E-state index in [0.717, 1.165) is 19.1 Å². The molecule has 4 N–H and O–H groups in total. The molecule has 1 saturated heterocycles. The van der Waals surface area contributed by atoms with Gasteiger partial charge >= 0.3 is 0 Å². The summed E-state index contributed by atoms with van der Waals surface area (Å²) in [6, 6.07) is 7.80. The van der Waals surface area contributed by atoms with E-state index in [4.69, 9.17) is 11.6 Å². The summed E-state index contributed by atoms with van der Waals surface area (Å²) in [5, 5.41) is 30.4. The highest BCUT2D eigenvalue weighted by atomic mass is 35.5. The lowest BCUT2D eigenvalue weighted by atomic mass is 10.1. The summed E-state index contributed by atoms with van der Waals surface area (Å²) < 4.78 is 23.8. The number of rotatable bonds is 9. The van der Waals surface area contributed by atoms with Gasteiger partial charge in [-0.2, -0.15) is 20.0 Å². The molecule has 40 heavy (non-hydrogen) atoms. The summed E-state index contributed by atoms with van der Waals surface area (Å²) in [4.78, 5) is 26.7. The average molecular weight is 585 g/mol. The van der Waals surface area contributed by atoms with Gasteiger partial charge in [0.05, 0.1) is 47.0 Å². The molecule has 15 nitrogen and oxygen atoms in total. The van der Waals surface area contributed by atoms with Crippen LogP contribution in [0.2, 0.25) is 5.02 Å². The van der Waals surface area contributed by atoms with E-state index in [1.807, 2.05) is 14.6 Å². The summed E-state index contributed by atoms with van der Waals surface area (Å²) >= 11 is 6.82. The Labute approximate surface area is 234 Å². The number of hydrogen-bond donors (Lipinski definition) is 4. The summed E-state index contributed by atoms with van der Waals surface area (Å²) in [7, 11) is -3.55. The van der Waals surface area contributed by atoms with Crippen molar-refractivity contribution in [3.05, 3.63) is 34.6 Å². The Morgan fingerprint density at radius 2 is 1.93 bits per heavy atom. The average Bonchev–Trinajstić information content (AvgIpc) is 3.64. The maximum atomic E-state index is 12.1. The van der Waals surface area contributed by atoms with Crippen LogP contribution in [0.1, 0.15) is 24.1 Å². The third-order valence-electron chi connectivity index (χ3n) is 6.28. The van der Waals surface area contributed by atoms with Crippen molar-refractivity contribution in [1.82, 2.24) is 34.7 Å². The molecule has 3 aromatic rings. The largest absolute Gasteiger partial charge is 0.368 e. The van der Waals surface area contributed by atoms with E-state index < -0.39 is 15.9 Å². The minimum atomic E-state index is -3.55. The molecule has 0 bridgehead atoms. The van der Waals surface area contributed by atoms with E-state index in [9.17, 15) is 23.7 Å². The van der Waals surface area contributed by atoms with Crippen molar-refractivity contribution < 1.29 is 13.2 Å². The molecule has 17 heteroatoms. The van der Waals surface area contributed by atoms with Gasteiger partial charge in [-0.25, -0.2) is 13.4 Å². The Bertz CT molecular complexity index is 1650. The standard InChI is InChI=1S/C23H25ClN12O3S/c1-40(38,39)33-31-19(37)13-34-4-6-35(7-5-34)18-9-14(10-25)8-17(20(18)24)29-23-30-21(28-15-2-3-15)22-27-12-16(11-26)36(22)32-23/h8-9,12,15,33H,2-7,13H2,1H3,(H,31,37)(H2,28,29,30,32). The Hall–Kier alpha value is -4.22. The molecule has 1 amide bonds. The minimum Gasteiger partial charge on any atom is -0.368 e. The number of hydrogen-bond acceptors (Lipinski definition) is 12. The predicted molar refractivity (Wildman–Crippen MR) is 146 cm³/mol. The molecule has 2 aromatic heterocycles. The van der Waals surface area contributed by atoms with Crippen LogP contribution < -0.4 is 25.8 Å². The fraction of sp³-hybridized carbons (Fsp3) is 0.391. The molecule has 2 aliphatic rings. The normalized spacial score (nSPS) is 15.8. The minimum absolute atomic E-state index is 0.0190. The van der Waals surface area contributed by atoms with Crippen LogP contribution in [0.25, 0.3) is 5.65 Å². The van der Waals surface area contributed by atoms with Gasteiger partial charge in [0.1, 0.15) is 6.07 Å². The van der Waals surface area contributed by atoms with Gasteiger partial charge in [0.15, 0.2) is 17.2 Å². The number of amides is 1. The van der Waals surface area contributed by atoms with E-state index in [2.05, 4.69) is 43.3 Å². The van der Waals surface area contributed by atoms with Crippen molar-refractivity contribution in [3.8, 4) is 12.1 Å². The number of nitriles is 2. The van der Waals surface area contributed by atoms with Gasteiger partial charge in [0.25, 0.3) is 0 Å². The number of benzene rings is 1. The van der Waals surface area contributed by atoms with Gasteiger partial charge in [0.2, 0.25) is 21.9 Å². The zero-order valence-corrected chi connectivity index (χ0v) is 22.9. The number of sulfonamides is 1. The third kappa shape index (κ3) is 6.32. The first-order valence-corrected chi connectivity index (χ1v) is 14.6. The highest BCUT2D eigenvalue weighted by Gasteiger charge is 2.25. The lowest BCUT2D eigenvalue weighted by molar-refractivity contribution is -0.122. The highest BCUT2D eigenvalue weighted by molar-refractivity contribution is 7.88. The smallest absolute Gasteiger partial charge is 0.249 e. The van der Waals surface area contributed by atoms with Gasteiger partial charge in [0, 0.05) is 32.2 Å². The van der Waals surface area contributed by atoms with Crippen molar-refractivity contribution in [2.24, 2.45) is 0 Å². The fourth-order valence-electron chi connectivity index (χ4n) is 4.18. The first-order chi connectivity index (χ1) is 19.1. The number of fused-ring (bicyclic) bond motifs is 1. The number of carbonyl (C=O) groups is 1. The Balaban J connectivity index is 1.34. The second kappa shape index (κ2) is 11.1. The maximum Gasteiger partial charge on any atom is 0.249 e. The van der Waals surface area contributed by atoms with E-state index in [1.54, 1.807) is 12.1 Å². The number of nitrogens with zero attached hydrogens (tertiary/aromatic N) is 8. The number of aromatic nitrogens is 4. The van der Waals surface area contributed by atoms with Crippen LogP contribution in [0.3, 0.4) is 0 Å². The topological polar surface area (TPSA) is 196 Å². The number of carbonyl (C=O) groups excluding carboxylic acids is 1. The van der Waals surface area contributed by atoms with Crippen LogP contribution in [-0.2, 0) is 14.8 Å². The summed E-state index contributed by atoms with van der Waals surface area (Å²) in [5.74, 6) is 0.188. The SMILES string of the molecule is CS(=O)(=O)NNC(=O)CN1CCN(c2cc(C#N)cc(Nc3nc(NC4CC4)c4ncc(C#N)n4n3)c2Cl)CC1. The van der Waals surface area contributed by atoms with Crippen LogP contribution >= 0.6 is 11.6 Å². The van der Waals surface area contributed by atoms with Crippen molar-refractivity contribution in [1.29, 1.82) is 10.5 Å². The molecule has 208 valence electrons. The summed E-state index contributed by atoms with van der Waals surface area (Å²) in [6.07, 6.45) is 4.40. The summed E-state index contributed by atoms with van der Waals surface area (Å²) in [5.41, 5.74) is 4.26. The number of anilines is 4. The molecule has 5 rings (SSSR count). The van der Waals surface area contributed by atoms with E-state index in [-0.39, 0.29) is 24.2 Å². The zero-order valence-electron chi connectivity index (χ0n) is 21.3. The van der Waals surface area contributed by atoms with E-state index in [1.165, 1.54) is 10.7 Å². The molecule has 1 aliphatic carbocycles. The molecule has 2 fully saturated rings. The van der Waals surface area contributed by atoms with Crippen LogP contribution in [0.15, 0.2) is 18.3 Å². The van der Waals surface area contributed by atoms with Crippen molar-refractivity contribution in [2.45, 2.75) is 18.9 Å². The quantitative estimate of drug-likeness (QED) is 0.255. The van der Waals surface area contributed by atoms with Gasteiger partial charge in [-0.05, 0) is 25.0 Å². The first kappa shape index (κ1) is 27.4. The van der Waals surface area contributed by atoms with Gasteiger partial charge < -0.3 is 15.5 Å². The number of halogens is 1. The van der Waals surface area contributed by atoms with E-state index in [0.29, 0.717) is 59.6 Å². The van der Waals surface area contributed by atoms with Crippen LogP contribution in [0, 0.1) is 22.7 Å². The van der Waals surface area contributed by atoms with Crippen LogP contribution in [0.5, 0.6) is 0 Å². The van der Waals surface area contributed by atoms with Crippen LogP contribution in [-0.4, -0.2) is 83.8 Å². The van der Waals surface area contributed by atoms with Crippen LogP contribution in [0.4, 0.5) is 23.1 Å². The number of hydrazine groups is 1.